The van der Waals surface area contributed by atoms with E-state index >= 15 is 0 Å². The van der Waals surface area contributed by atoms with Crippen molar-refractivity contribution in [2.45, 2.75) is 25.9 Å². The normalized spacial score (nSPS) is 10.8. The molecule has 7 heteroatoms. The van der Waals surface area contributed by atoms with E-state index in [1.54, 1.807) is 7.11 Å². The molecule has 0 amide bonds. The van der Waals surface area contributed by atoms with Gasteiger partial charge >= 0.3 is 5.97 Å². The Morgan fingerprint density at radius 1 is 1.07 bits per heavy atom. The average Bonchev–Trinajstić information content (AvgIpc) is 2.75. The Hall–Kier alpha value is -3.19. The lowest BCUT2D eigenvalue weighted by atomic mass is 10.2. The topological polar surface area (TPSA) is 84.8 Å². The third kappa shape index (κ3) is 5.42. The lowest BCUT2D eigenvalue weighted by Crippen LogP contribution is -2.14. The summed E-state index contributed by atoms with van der Waals surface area (Å²) in [5.41, 5.74) is 1.83. The lowest BCUT2D eigenvalue weighted by Gasteiger charge is -2.21. The van der Waals surface area contributed by atoms with Crippen molar-refractivity contribution in [1.82, 2.24) is 9.97 Å². The number of unbranched alkanes of at least 4 members (excludes halogenated alkanes) is 1. The monoisotopic (exact) mass is 395 g/mol. The number of aromatic nitrogens is 2. The van der Waals surface area contributed by atoms with Gasteiger partial charge in [-0.25, -0.2) is 9.97 Å². The number of anilines is 2. The van der Waals surface area contributed by atoms with Crippen LogP contribution in [0.3, 0.4) is 0 Å². The fourth-order valence-corrected chi connectivity index (χ4v) is 3.00. The molecule has 0 aliphatic carbocycles. The summed E-state index contributed by atoms with van der Waals surface area (Å²) >= 11 is 0. The highest BCUT2D eigenvalue weighted by molar-refractivity contribution is 5.91. The summed E-state index contributed by atoms with van der Waals surface area (Å²) in [6.07, 6.45) is 1.45. The second kappa shape index (κ2) is 9.84. The number of hydrogen-bond donors (Lipinski definition) is 1. The molecule has 0 radical (unpaired) electrons. The van der Waals surface area contributed by atoms with Gasteiger partial charge in [0.2, 0.25) is 0 Å². The summed E-state index contributed by atoms with van der Waals surface area (Å²) < 4.78 is 10.9. The van der Waals surface area contributed by atoms with E-state index < -0.39 is 5.97 Å². The summed E-state index contributed by atoms with van der Waals surface area (Å²) in [6.45, 7) is 0.758. The molecule has 152 valence electrons. The van der Waals surface area contributed by atoms with Gasteiger partial charge in [0, 0.05) is 31.1 Å². The molecule has 0 atom stereocenters. The molecular formula is C22H25N3O4. The third-order valence-electron chi connectivity index (χ3n) is 4.57. The maximum atomic E-state index is 10.6. The number of carboxylic acid groups (broad SMARTS) is 1. The maximum absolute atomic E-state index is 10.6. The van der Waals surface area contributed by atoms with Crippen LogP contribution in [0.15, 0.2) is 48.5 Å². The second-order valence-corrected chi connectivity index (χ2v) is 6.64. The van der Waals surface area contributed by atoms with Crippen LogP contribution < -0.4 is 9.64 Å². The summed E-state index contributed by atoms with van der Waals surface area (Å²) in [7, 11) is 3.61. The van der Waals surface area contributed by atoms with Crippen molar-refractivity contribution in [3.8, 4) is 5.75 Å². The Balaban J connectivity index is 1.77. The zero-order valence-corrected chi connectivity index (χ0v) is 16.7. The molecule has 0 fully saturated rings. The van der Waals surface area contributed by atoms with Crippen LogP contribution in [0.5, 0.6) is 5.75 Å². The number of para-hydroxylation sites is 1. The summed E-state index contributed by atoms with van der Waals surface area (Å²) in [5.74, 6) is 1.41. The average molecular weight is 395 g/mol. The maximum Gasteiger partial charge on any atom is 0.303 e. The molecule has 3 rings (SSSR count). The number of rotatable bonds is 10. The van der Waals surface area contributed by atoms with Gasteiger partial charge in [-0.15, -0.1) is 0 Å². The third-order valence-corrected chi connectivity index (χ3v) is 4.57. The van der Waals surface area contributed by atoms with E-state index in [-0.39, 0.29) is 13.0 Å². The number of aliphatic carboxylic acids is 1. The Bertz CT molecular complexity index is 960. The van der Waals surface area contributed by atoms with Gasteiger partial charge in [0.25, 0.3) is 0 Å². The highest BCUT2D eigenvalue weighted by atomic mass is 16.5. The Labute approximate surface area is 169 Å². The number of carbonyl (C=O) groups is 1. The lowest BCUT2D eigenvalue weighted by molar-refractivity contribution is -0.137. The van der Waals surface area contributed by atoms with E-state index in [9.17, 15) is 4.79 Å². The largest absolute Gasteiger partial charge is 0.497 e. The highest BCUT2D eigenvalue weighted by Crippen LogP contribution is 2.29. The van der Waals surface area contributed by atoms with Crippen LogP contribution in [0.2, 0.25) is 0 Å². The van der Waals surface area contributed by atoms with Crippen LogP contribution >= 0.6 is 0 Å². The molecule has 0 spiro atoms. The van der Waals surface area contributed by atoms with Gasteiger partial charge < -0.3 is 19.5 Å². The quantitative estimate of drug-likeness (QED) is 0.516. The highest BCUT2D eigenvalue weighted by Gasteiger charge is 2.13. The van der Waals surface area contributed by atoms with Gasteiger partial charge in [-0.2, -0.15) is 0 Å². The van der Waals surface area contributed by atoms with Crippen LogP contribution in [0.25, 0.3) is 10.9 Å². The molecule has 7 nitrogen and oxygen atoms in total. The molecule has 1 aromatic heterocycles. The number of hydrogen-bond acceptors (Lipinski definition) is 6. The standard InChI is InChI=1S/C22H25N3O4/c1-25(16-10-12-17(28-2)13-11-16)22-18-7-3-4-8-19(18)23-20(24-22)15-29-14-6-5-9-21(26)27/h3-4,7-8,10-13H,5-6,9,14-15H2,1-2H3,(H,26,27). The Kier molecular flexibility index (Phi) is 6.97. The Morgan fingerprint density at radius 3 is 2.55 bits per heavy atom. The molecule has 0 aliphatic rings. The van der Waals surface area contributed by atoms with Crippen molar-refractivity contribution in [3.63, 3.8) is 0 Å². The van der Waals surface area contributed by atoms with E-state index in [1.165, 1.54) is 0 Å². The smallest absolute Gasteiger partial charge is 0.303 e. The van der Waals surface area contributed by atoms with Gasteiger partial charge in [-0.1, -0.05) is 12.1 Å². The molecule has 29 heavy (non-hydrogen) atoms. The molecule has 0 unspecified atom stereocenters. The SMILES string of the molecule is COc1ccc(N(C)c2nc(COCCCCC(=O)O)nc3ccccc23)cc1. The van der Waals surface area contributed by atoms with Gasteiger partial charge in [0.05, 0.1) is 12.6 Å². The predicted octanol–water partition coefficient (Wildman–Crippen LogP) is 4.18. The van der Waals surface area contributed by atoms with E-state index in [2.05, 4.69) is 4.98 Å². The van der Waals surface area contributed by atoms with E-state index in [4.69, 9.17) is 19.6 Å². The first kappa shape index (κ1) is 20.5. The number of methoxy groups -OCH3 is 1. The number of nitrogens with zero attached hydrogens (tertiary/aromatic N) is 3. The minimum atomic E-state index is -0.783. The van der Waals surface area contributed by atoms with Gasteiger partial charge in [0.15, 0.2) is 5.82 Å². The summed E-state index contributed by atoms with van der Waals surface area (Å²) in [5, 5.41) is 9.64. The number of fused-ring (bicyclic) bond motifs is 1. The van der Waals surface area contributed by atoms with Crippen LogP contribution in [0, 0.1) is 0 Å². The van der Waals surface area contributed by atoms with E-state index in [0.29, 0.717) is 25.3 Å². The van der Waals surface area contributed by atoms with Gasteiger partial charge in [0.1, 0.15) is 18.2 Å². The minimum absolute atomic E-state index is 0.159. The second-order valence-electron chi connectivity index (χ2n) is 6.64. The zero-order chi connectivity index (χ0) is 20.6. The van der Waals surface area contributed by atoms with Crippen molar-refractivity contribution in [3.05, 3.63) is 54.4 Å². The summed E-state index contributed by atoms with van der Waals surface area (Å²) in [6, 6.07) is 15.7. The molecular weight excluding hydrogens is 370 g/mol. The molecule has 0 bridgehead atoms. The first-order valence-electron chi connectivity index (χ1n) is 9.51. The molecule has 0 aliphatic heterocycles. The van der Waals surface area contributed by atoms with E-state index in [1.807, 2.05) is 60.5 Å². The first-order chi connectivity index (χ1) is 14.1. The van der Waals surface area contributed by atoms with Crippen molar-refractivity contribution in [2.75, 3.05) is 25.7 Å². The van der Waals surface area contributed by atoms with E-state index in [0.717, 1.165) is 28.2 Å². The molecule has 1 heterocycles. The fraction of sp³-hybridized carbons (Fsp3) is 0.318. The summed E-state index contributed by atoms with van der Waals surface area (Å²) in [4.78, 5) is 21.9. The first-order valence-corrected chi connectivity index (χ1v) is 9.51. The predicted molar refractivity (Wildman–Crippen MR) is 112 cm³/mol. The molecule has 2 aromatic carbocycles. The number of benzene rings is 2. The van der Waals surface area contributed by atoms with Crippen LogP contribution in [0.1, 0.15) is 25.1 Å². The van der Waals surface area contributed by atoms with Crippen LogP contribution in [-0.2, 0) is 16.1 Å². The van der Waals surface area contributed by atoms with Crippen LogP contribution in [0.4, 0.5) is 11.5 Å². The number of carboxylic acids is 1. The van der Waals surface area contributed by atoms with Crippen molar-refractivity contribution in [2.24, 2.45) is 0 Å². The number of ether oxygens (including phenoxy) is 2. The Morgan fingerprint density at radius 2 is 1.83 bits per heavy atom. The molecule has 0 saturated carbocycles. The van der Waals surface area contributed by atoms with Crippen molar-refractivity contribution >= 4 is 28.4 Å². The minimum Gasteiger partial charge on any atom is -0.497 e. The van der Waals surface area contributed by atoms with Crippen LogP contribution in [-0.4, -0.2) is 41.8 Å². The molecule has 3 aromatic rings. The van der Waals surface area contributed by atoms with Gasteiger partial charge in [-0.3, -0.25) is 4.79 Å². The van der Waals surface area contributed by atoms with Gasteiger partial charge in [-0.05, 0) is 49.2 Å². The molecule has 1 N–H and O–H groups in total. The van der Waals surface area contributed by atoms with Crippen molar-refractivity contribution < 1.29 is 19.4 Å². The zero-order valence-electron chi connectivity index (χ0n) is 16.7. The van der Waals surface area contributed by atoms with Crippen molar-refractivity contribution in [1.29, 1.82) is 0 Å². The molecule has 0 saturated heterocycles. The fourth-order valence-electron chi connectivity index (χ4n) is 3.00.